The smallest absolute Gasteiger partial charge is 0.270 e. The fourth-order valence-electron chi connectivity index (χ4n) is 3.34. The van der Waals surface area contributed by atoms with Crippen LogP contribution in [0.3, 0.4) is 0 Å². The summed E-state index contributed by atoms with van der Waals surface area (Å²) in [6.45, 7) is 4.43. The van der Waals surface area contributed by atoms with Crippen molar-refractivity contribution >= 4 is 29.1 Å². The van der Waals surface area contributed by atoms with Crippen LogP contribution in [-0.2, 0) is 6.42 Å². The molecule has 0 saturated heterocycles. The zero-order valence-corrected chi connectivity index (χ0v) is 18.7. The first-order chi connectivity index (χ1) is 14.9. The van der Waals surface area contributed by atoms with Crippen LogP contribution in [0.25, 0.3) is 17.1 Å². The lowest BCUT2D eigenvalue weighted by Crippen LogP contribution is -2.28. The maximum atomic E-state index is 13.1. The number of hydrogen-bond donors (Lipinski definition) is 1. The molecule has 4 rings (SSSR count). The fraction of sp³-hybridized carbons (Fsp3) is 0.167. The lowest BCUT2D eigenvalue weighted by atomic mass is 10.1. The van der Waals surface area contributed by atoms with Gasteiger partial charge in [0.15, 0.2) is 5.76 Å². The van der Waals surface area contributed by atoms with Crippen LogP contribution in [0, 0.1) is 13.8 Å². The van der Waals surface area contributed by atoms with Gasteiger partial charge >= 0.3 is 0 Å². The topological polar surface area (TPSA) is 60.1 Å². The normalized spacial score (nSPS) is 11.0. The maximum absolute atomic E-state index is 13.1. The Bertz CT molecular complexity index is 1230. The predicted octanol–water partition coefficient (Wildman–Crippen LogP) is 6.03. The van der Waals surface area contributed by atoms with Crippen LogP contribution in [0.15, 0.2) is 65.3 Å². The summed E-state index contributed by atoms with van der Waals surface area (Å²) in [6, 6.07) is 16.8. The molecule has 1 N–H and O–H groups in total. The van der Waals surface area contributed by atoms with Crippen LogP contribution in [0.4, 0.5) is 0 Å². The van der Waals surface area contributed by atoms with Crippen molar-refractivity contribution in [3.8, 4) is 17.1 Å². The standard InChI is InChI=1S/C24H21Cl2N3O2/c1-15-5-6-16(2)21(12-15)29-22(14-20(28-29)23-4-3-11-31-23)24(30)27-10-9-17-7-8-18(25)13-19(17)26/h3-8,11-14H,9-10H2,1-2H3,(H,27,30). The van der Waals surface area contributed by atoms with E-state index in [0.29, 0.717) is 40.2 Å². The van der Waals surface area contributed by atoms with Crippen molar-refractivity contribution in [2.45, 2.75) is 20.3 Å². The molecule has 0 aliphatic rings. The third-order valence-corrected chi connectivity index (χ3v) is 5.59. The molecule has 0 atom stereocenters. The van der Waals surface area contributed by atoms with Gasteiger partial charge in [-0.1, -0.05) is 41.4 Å². The summed E-state index contributed by atoms with van der Waals surface area (Å²) in [5, 5.41) is 8.80. The second-order valence-electron chi connectivity index (χ2n) is 7.34. The van der Waals surface area contributed by atoms with Gasteiger partial charge in [-0.25, -0.2) is 4.68 Å². The third-order valence-electron chi connectivity index (χ3n) is 5.00. The van der Waals surface area contributed by atoms with Gasteiger partial charge in [0.2, 0.25) is 0 Å². The van der Waals surface area contributed by atoms with E-state index in [9.17, 15) is 4.79 Å². The highest BCUT2D eigenvalue weighted by molar-refractivity contribution is 6.35. The van der Waals surface area contributed by atoms with Gasteiger partial charge in [0, 0.05) is 22.7 Å². The number of halogens is 2. The van der Waals surface area contributed by atoms with E-state index in [4.69, 9.17) is 27.6 Å². The molecule has 158 valence electrons. The summed E-state index contributed by atoms with van der Waals surface area (Å²) in [7, 11) is 0. The zero-order valence-electron chi connectivity index (χ0n) is 17.2. The van der Waals surface area contributed by atoms with E-state index in [0.717, 1.165) is 22.4 Å². The molecule has 2 aromatic heterocycles. The molecule has 0 spiro atoms. The first kappa shape index (κ1) is 21.2. The number of nitrogens with one attached hydrogen (secondary N) is 1. The van der Waals surface area contributed by atoms with E-state index < -0.39 is 0 Å². The van der Waals surface area contributed by atoms with Gasteiger partial charge in [0.1, 0.15) is 11.4 Å². The van der Waals surface area contributed by atoms with Gasteiger partial charge in [-0.15, -0.1) is 0 Å². The molecule has 1 amide bonds. The number of aromatic nitrogens is 2. The van der Waals surface area contributed by atoms with Crippen LogP contribution in [0.1, 0.15) is 27.2 Å². The van der Waals surface area contributed by atoms with E-state index in [1.807, 2.05) is 44.2 Å². The highest BCUT2D eigenvalue weighted by atomic mass is 35.5. The fourth-order valence-corrected chi connectivity index (χ4v) is 3.85. The summed E-state index contributed by atoms with van der Waals surface area (Å²) in [5.74, 6) is 0.377. The first-order valence-corrected chi connectivity index (χ1v) is 10.6. The minimum absolute atomic E-state index is 0.226. The zero-order chi connectivity index (χ0) is 22.0. The molecule has 2 heterocycles. The Morgan fingerprint density at radius 3 is 2.68 bits per heavy atom. The van der Waals surface area contributed by atoms with Crippen LogP contribution in [0.2, 0.25) is 10.0 Å². The molecule has 0 saturated carbocycles. The number of carbonyl (C=O) groups is 1. The van der Waals surface area contributed by atoms with E-state index in [1.165, 1.54) is 0 Å². The number of hydrogen-bond acceptors (Lipinski definition) is 3. The number of nitrogens with zero attached hydrogens (tertiary/aromatic N) is 2. The Morgan fingerprint density at radius 1 is 1.10 bits per heavy atom. The molecular formula is C24H21Cl2N3O2. The highest BCUT2D eigenvalue weighted by Gasteiger charge is 2.20. The average molecular weight is 454 g/mol. The highest BCUT2D eigenvalue weighted by Crippen LogP contribution is 2.25. The monoisotopic (exact) mass is 453 g/mol. The van der Waals surface area contributed by atoms with Crippen LogP contribution in [0.5, 0.6) is 0 Å². The van der Waals surface area contributed by atoms with Crippen molar-refractivity contribution in [1.29, 1.82) is 0 Å². The third kappa shape index (κ3) is 4.68. The minimum atomic E-state index is -0.226. The molecule has 0 unspecified atom stereocenters. The Morgan fingerprint density at radius 2 is 1.94 bits per heavy atom. The number of rotatable bonds is 6. The quantitative estimate of drug-likeness (QED) is 0.387. The van der Waals surface area contributed by atoms with Gasteiger partial charge in [0.05, 0.1) is 12.0 Å². The average Bonchev–Trinajstić information content (AvgIpc) is 3.41. The maximum Gasteiger partial charge on any atom is 0.270 e. The second-order valence-corrected chi connectivity index (χ2v) is 8.18. The SMILES string of the molecule is Cc1ccc(C)c(-n2nc(-c3ccco3)cc2C(=O)NCCc2ccc(Cl)cc2Cl)c1. The van der Waals surface area contributed by atoms with Crippen molar-refractivity contribution < 1.29 is 9.21 Å². The second kappa shape index (κ2) is 9.00. The lowest BCUT2D eigenvalue weighted by Gasteiger charge is -2.12. The van der Waals surface area contributed by atoms with Crippen LogP contribution >= 0.6 is 23.2 Å². The summed E-state index contributed by atoms with van der Waals surface area (Å²) in [6.07, 6.45) is 2.17. The minimum Gasteiger partial charge on any atom is -0.463 e. The molecule has 0 fully saturated rings. The van der Waals surface area contributed by atoms with Crippen molar-refractivity contribution in [2.75, 3.05) is 6.54 Å². The molecule has 0 radical (unpaired) electrons. The number of amides is 1. The van der Waals surface area contributed by atoms with Crippen molar-refractivity contribution in [2.24, 2.45) is 0 Å². The van der Waals surface area contributed by atoms with Crippen LogP contribution in [-0.4, -0.2) is 22.2 Å². The Labute approximate surface area is 190 Å². The number of aryl methyl sites for hydroxylation is 2. The Hall–Kier alpha value is -3.02. The van der Waals surface area contributed by atoms with Crippen molar-refractivity contribution in [1.82, 2.24) is 15.1 Å². The number of furan rings is 1. The molecule has 5 nitrogen and oxygen atoms in total. The molecule has 31 heavy (non-hydrogen) atoms. The summed E-state index contributed by atoms with van der Waals surface area (Å²) >= 11 is 12.2. The van der Waals surface area contributed by atoms with Crippen LogP contribution < -0.4 is 5.32 Å². The molecular weight excluding hydrogens is 433 g/mol. The molecule has 0 aliphatic carbocycles. The lowest BCUT2D eigenvalue weighted by molar-refractivity contribution is 0.0946. The van der Waals surface area contributed by atoms with E-state index in [1.54, 1.807) is 35.2 Å². The van der Waals surface area contributed by atoms with Gasteiger partial charge < -0.3 is 9.73 Å². The van der Waals surface area contributed by atoms with Gasteiger partial charge in [-0.2, -0.15) is 5.10 Å². The van der Waals surface area contributed by atoms with Crippen molar-refractivity contribution in [3.05, 3.63) is 93.3 Å². The largest absolute Gasteiger partial charge is 0.463 e. The number of benzene rings is 2. The number of carbonyl (C=O) groups excluding carboxylic acids is 1. The van der Waals surface area contributed by atoms with E-state index in [-0.39, 0.29) is 5.91 Å². The molecule has 4 aromatic rings. The van der Waals surface area contributed by atoms with Gasteiger partial charge in [0.25, 0.3) is 5.91 Å². The Balaban J connectivity index is 1.61. The molecule has 0 aliphatic heterocycles. The summed E-state index contributed by atoms with van der Waals surface area (Å²) in [4.78, 5) is 13.1. The van der Waals surface area contributed by atoms with E-state index in [2.05, 4.69) is 10.4 Å². The van der Waals surface area contributed by atoms with Gasteiger partial charge in [-0.05, 0) is 67.3 Å². The summed E-state index contributed by atoms with van der Waals surface area (Å²) in [5.41, 5.74) is 4.90. The predicted molar refractivity (Wildman–Crippen MR) is 123 cm³/mol. The molecule has 2 aromatic carbocycles. The molecule has 7 heteroatoms. The van der Waals surface area contributed by atoms with E-state index >= 15 is 0 Å². The molecule has 0 bridgehead atoms. The van der Waals surface area contributed by atoms with Gasteiger partial charge in [-0.3, -0.25) is 4.79 Å². The van der Waals surface area contributed by atoms with Crippen molar-refractivity contribution in [3.63, 3.8) is 0 Å². The first-order valence-electron chi connectivity index (χ1n) is 9.86. The summed E-state index contributed by atoms with van der Waals surface area (Å²) < 4.78 is 7.16. The Kier molecular flexibility index (Phi) is 6.16.